The van der Waals surface area contributed by atoms with Crippen LogP contribution >= 0.6 is 0 Å². The first kappa shape index (κ1) is 16.5. The van der Waals surface area contributed by atoms with Crippen LogP contribution in [0, 0.1) is 0 Å². The minimum absolute atomic E-state index is 0.232. The SMILES string of the molecule is COc1ccccc1-c1ccc(C(C)NCCCCF)cc1. The highest BCUT2D eigenvalue weighted by atomic mass is 19.1. The molecule has 2 nitrogen and oxygen atoms in total. The Morgan fingerprint density at radius 2 is 1.77 bits per heavy atom. The van der Waals surface area contributed by atoms with Gasteiger partial charge in [0.2, 0.25) is 0 Å². The molecule has 0 saturated heterocycles. The second-order valence-electron chi connectivity index (χ2n) is 5.39. The summed E-state index contributed by atoms with van der Waals surface area (Å²) in [6, 6.07) is 16.8. The molecule has 22 heavy (non-hydrogen) atoms. The largest absolute Gasteiger partial charge is 0.496 e. The summed E-state index contributed by atoms with van der Waals surface area (Å²) in [6.07, 6.45) is 1.51. The van der Waals surface area contributed by atoms with Gasteiger partial charge in [-0.2, -0.15) is 0 Å². The summed E-state index contributed by atoms with van der Waals surface area (Å²) < 4.78 is 17.5. The Bertz CT molecular complexity index is 568. The van der Waals surface area contributed by atoms with E-state index in [4.69, 9.17) is 4.74 Å². The van der Waals surface area contributed by atoms with E-state index in [1.165, 1.54) is 5.56 Å². The van der Waals surface area contributed by atoms with E-state index in [1.807, 2.05) is 18.2 Å². The van der Waals surface area contributed by atoms with E-state index in [2.05, 4.69) is 42.6 Å². The van der Waals surface area contributed by atoms with E-state index in [1.54, 1.807) is 7.11 Å². The Hall–Kier alpha value is -1.87. The van der Waals surface area contributed by atoms with Crippen LogP contribution in [-0.4, -0.2) is 20.3 Å². The van der Waals surface area contributed by atoms with E-state index in [0.29, 0.717) is 6.42 Å². The Morgan fingerprint density at radius 1 is 1.05 bits per heavy atom. The highest BCUT2D eigenvalue weighted by Crippen LogP contribution is 2.30. The van der Waals surface area contributed by atoms with Gasteiger partial charge in [0, 0.05) is 11.6 Å². The van der Waals surface area contributed by atoms with Crippen molar-refractivity contribution in [1.82, 2.24) is 5.32 Å². The van der Waals surface area contributed by atoms with Crippen LogP contribution in [0.2, 0.25) is 0 Å². The van der Waals surface area contributed by atoms with Crippen molar-refractivity contribution in [2.45, 2.75) is 25.8 Å². The van der Waals surface area contributed by atoms with Crippen LogP contribution in [-0.2, 0) is 0 Å². The molecular weight excluding hydrogens is 277 g/mol. The number of halogens is 1. The van der Waals surface area contributed by atoms with Gasteiger partial charge in [0.15, 0.2) is 0 Å². The summed E-state index contributed by atoms with van der Waals surface area (Å²) in [5.74, 6) is 0.882. The van der Waals surface area contributed by atoms with E-state index < -0.39 is 0 Å². The second kappa shape index (κ2) is 8.54. The van der Waals surface area contributed by atoms with Gasteiger partial charge >= 0.3 is 0 Å². The van der Waals surface area contributed by atoms with E-state index >= 15 is 0 Å². The van der Waals surface area contributed by atoms with Gasteiger partial charge in [-0.15, -0.1) is 0 Å². The van der Waals surface area contributed by atoms with Crippen LogP contribution in [0.15, 0.2) is 48.5 Å². The maximum Gasteiger partial charge on any atom is 0.126 e. The zero-order valence-corrected chi connectivity index (χ0v) is 13.3. The first-order valence-corrected chi connectivity index (χ1v) is 7.79. The van der Waals surface area contributed by atoms with Gasteiger partial charge in [0.05, 0.1) is 13.8 Å². The number of para-hydroxylation sites is 1. The molecule has 0 bridgehead atoms. The van der Waals surface area contributed by atoms with Crippen molar-refractivity contribution in [3.63, 3.8) is 0 Å². The lowest BCUT2D eigenvalue weighted by Crippen LogP contribution is -2.19. The minimum Gasteiger partial charge on any atom is -0.496 e. The number of alkyl halides is 1. The molecule has 0 amide bonds. The summed E-state index contributed by atoms with van der Waals surface area (Å²) in [5, 5.41) is 3.42. The fourth-order valence-corrected chi connectivity index (χ4v) is 2.49. The molecule has 2 aromatic rings. The standard InChI is InChI=1S/C19H24FNO/c1-15(21-14-6-5-13-20)16-9-11-17(12-10-16)18-7-3-4-8-19(18)22-2/h3-4,7-12,15,21H,5-6,13-14H2,1-2H3. The van der Waals surface area contributed by atoms with Crippen molar-refractivity contribution in [2.24, 2.45) is 0 Å². The van der Waals surface area contributed by atoms with Gasteiger partial charge in [-0.05, 0) is 43.5 Å². The molecule has 0 aliphatic heterocycles. The Morgan fingerprint density at radius 3 is 2.45 bits per heavy atom. The van der Waals surface area contributed by atoms with Crippen LogP contribution in [0.1, 0.15) is 31.4 Å². The lowest BCUT2D eigenvalue weighted by Gasteiger charge is -2.15. The number of unbranched alkanes of at least 4 members (excludes halogenated alkanes) is 1. The number of methoxy groups -OCH3 is 1. The first-order chi connectivity index (χ1) is 10.8. The van der Waals surface area contributed by atoms with Gasteiger partial charge in [-0.1, -0.05) is 42.5 Å². The van der Waals surface area contributed by atoms with Gasteiger partial charge in [0.1, 0.15) is 5.75 Å². The topological polar surface area (TPSA) is 21.3 Å². The van der Waals surface area contributed by atoms with Crippen LogP contribution in [0.4, 0.5) is 4.39 Å². The van der Waals surface area contributed by atoms with E-state index in [-0.39, 0.29) is 12.7 Å². The van der Waals surface area contributed by atoms with Gasteiger partial charge in [-0.25, -0.2) is 0 Å². The predicted octanol–water partition coefficient (Wildman–Crippen LogP) is 4.76. The summed E-state index contributed by atoms with van der Waals surface area (Å²) in [4.78, 5) is 0. The molecule has 0 fully saturated rings. The zero-order valence-electron chi connectivity index (χ0n) is 13.3. The molecule has 0 spiro atoms. The van der Waals surface area contributed by atoms with Gasteiger partial charge in [0.25, 0.3) is 0 Å². The lowest BCUT2D eigenvalue weighted by atomic mass is 10.0. The molecule has 0 aliphatic rings. The molecule has 1 atom stereocenters. The van der Waals surface area contributed by atoms with Crippen molar-refractivity contribution in [1.29, 1.82) is 0 Å². The number of nitrogens with one attached hydrogen (secondary N) is 1. The quantitative estimate of drug-likeness (QED) is 0.710. The fraction of sp³-hybridized carbons (Fsp3) is 0.368. The fourth-order valence-electron chi connectivity index (χ4n) is 2.49. The second-order valence-corrected chi connectivity index (χ2v) is 5.39. The molecule has 0 radical (unpaired) electrons. The van der Waals surface area contributed by atoms with E-state index in [9.17, 15) is 4.39 Å². The van der Waals surface area contributed by atoms with Crippen molar-refractivity contribution in [3.8, 4) is 16.9 Å². The third-order valence-corrected chi connectivity index (χ3v) is 3.84. The molecule has 2 aromatic carbocycles. The third-order valence-electron chi connectivity index (χ3n) is 3.84. The Labute approximate surface area is 132 Å². The van der Waals surface area contributed by atoms with Crippen LogP contribution < -0.4 is 10.1 Å². The maximum atomic E-state index is 12.1. The van der Waals surface area contributed by atoms with Crippen LogP contribution in [0.25, 0.3) is 11.1 Å². The molecule has 118 valence electrons. The number of benzene rings is 2. The smallest absolute Gasteiger partial charge is 0.126 e. The van der Waals surface area contributed by atoms with Crippen molar-refractivity contribution in [3.05, 3.63) is 54.1 Å². The maximum absolute atomic E-state index is 12.1. The average Bonchev–Trinajstić information content (AvgIpc) is 2.58. The number of ether oxygens (including phenoxy) is 1. The van der Waals surface area contributed by atoms with Gasteiger partial charge < -0.3 is 10.1 Å². The summed E-state index contributed by atoms with van der Waals surface area (Å²) in [6.45, 7) is 2.75. The van der Waals surface area contributed by atoms with Crippen molar-refractivity contribution >= 4 is 0 Å². The number of hydrogen-bond donors (Lipinski definition) is 1. The van der Waals surface area contributed by atoms with E-state index in [0.717, 1.165) is 29.8 Å². The summed E-state index contributed by atoms with van der Waals surface area (Å²) >= 11 is 0. The number of rotatable bonds is 8. The summed E-state index contributed by atoms with van der Waals surface area (Å²) in [7, 11) is 1.69. The zero-order chi connectivity index (χ0) is 15.8. The summed E-state index contributed by atoms with van der Waals surface area (Å²) in [5.41, 5.74) is 3.48. The van der Waals surface area contributed by atoms with Crippen LogP contribution in [0.5, 0.6) is 5.75 Å². The van der Waals surface area contributed by atoms with Gasteiger partial charge in [-0.3, -0.25) is 4.39 Å². The molecule has 0 aromatic heterocycles. The Balaban J connectivity index is 2.03. The molecular formula is C19H24FNO. The Kier molecular flexibility index (Phi) is 6.41. The molecule has 0 saturated carbocycles. The minimum atomic E-state index is -0.232. The van der Waals surface area contributed by atoms with Crippen molar-refractivity contribution in [2.75, 3.05) is 20.3 Å². The first-order valence-electron chi connectivity index (χ1n) is 7.79. The lowest BCUT2D eigenvalue weighted by molar-refractivity contribution is 0.416. The molecule has 1 N–H and O–H groups in total. The molecule has 3 heteroatoms. The molecule has 2 rings (SSSR count). The molecule has 0 aliphatic carbocycles. The van der Waals surface area contributed by atoms with Crippen molar-refractivity contribution < 1.29 is 9.13 Å². The number of hydrogen-bond acceptors (Lipinski definition) is 2. The highest BCUT2D eigenvalue weighted by Gasteiger charge is 2.07. The van der Waals surface area contributed by atoms with Crippen LogP contribution in [0.3, 0.4) is 0 Å². The third kappa shape index (κ3) is 4.31. The molecule has 1 unspecified atom stereocenters. The molecule has 0 heterocycles. The predicted molar refractivity (Wildman–Crippen MR) is 90.1 cm³/mol. The monoisotopic (exact) mass is 301 g/mol. The normalized spacial score (nSPS) is 12.1. The average molecular weight is 301 g/mol. The highest BCUT2D eigenvalue weighted by molar-refractivity contribution is 5.70.